The monoisotopic (exact) mass is 385 g/mol. The van der Waals surface area contributed by atoms with Gasteiger partial charge in [-0.25, -0.2) is 8.78 Å². The summed E-state index contributed by atoms with van der Waals surface area (Å²) in [4.78, 5) is 29.0. The Hall–Kier alpha value is -2.96. The summed E-state index contributed by atoms with van der Waals surface area (Å²) < 4.78 is 26.9. The largest absolute Gasteiger partial charge is 0.348 e. The third kappa shape index (κ3) is 3.00. The van der Waals surface area contributed by atoms with Crippen molar-refractivity contribution < 1.29 is 18.4 Å². The topological polar surface area (TPSA) is 52.7 Å². The third-order valence-electron chi connectivity index (χ3n) is 5.64. The quantitative estimate of drug-likeness (QED) is 0.864. The van der Waals surface area contributed by atoms with Gasteiger partial charge in [0.15, 0.2) is 0 Å². The van der Waals surface area contributed by atoms with Gasteiger partial charge >= 0.3 is 0 Å². The lowest BCUT2D eigenvalue weighted by atomic mass is 9.89. The number of benzene rings is 2. The number of likely N-dealkylation sites (tertiary alicyclic amines) is 1. The first-order chi connectivity index (χ1) is 13.4. The van der Waals surface area contributed by atoms with Crippen LogP contribution in [0.2, 0.25) is 0 Å². The van der Waals surface area contributed by atoms with Gasteiger partial charge in [0.05, 0.1) is 11.3 Å². The maximum Gasteiger partial charge on any atom is 0.255 e. The molecule has 5 nitrogen and oxygen atoms in total. The summed E-state index contributed by atoms with van der Waals surface area (Å²) in [6.45, 7) is 3.45. The molecule has 0 unspecified atom stereocenters. The smallest absolute Gasteiger partial charge is 0.255 e. The molecule has 0 saturated carbocycles. The van der Waals surface area contributed by atoms with Crippen LogP contribution in [-0.4, -0.2) is 42.0 Å². The summed E-state index contributed by atoms with van der Waals surface area (Å²) >= 11 is 0. The Balaban J connectivity index is 1.56. The fourth-order valence-corrected chi connectivity index (χ4v) is 4.22. The van der Waals surface area contributed by atoms with E-state index in [0.717, 1.165) is 0 Å². The first kappa shape index (κ1) is 18.4. The van der Waals surface area contributed by atoms with E-state index in [1.54, 1.807) is 4.90 Å². The van der Waals surface area contributed by atoms with Crippen LogP contribution in [-0.2, 0) is 0 Å². The Kier molecular flexibility index (Phi) is 4.53. The van der Waals surface area contributed by atoms with E-state index < -0.39 is 5.66 Å². The highest BCUT2D eigenvalue weighted by molar-refractivity contribution is 6.02. The van der Waals surface area contributed by atoms with Crippen molar-refractivity contribution in [3.63, 3.8) is 0 Å². The van der Waals surface area contributed by atoms with Gasteiger partial charge in [0.25, 0.3) is 11.8 Å². The lowest BCUT2D eigenvalue weighted by Gasteiger charge is -2.52. The van der Waals surface area contributed by atoms with Crippen LogP contribution in [0.25, 0.3) is 0 Å². The maximum atomic E-state index is 13.8. The van der Waals surface area contributed by atoms with E-state index in [2.05, 4.69) is 5.32 Å². The molecular formula is C21H21F2N3O2. The number of hydrogen-bond donors (Lipinski definition) is 1. The highest BCUT2D eigenvalue weighted by atomic mass is 19.1. The molecule has 1 spiro atoms. The average molecular weight is 385 g/mol. The highest BCUT2D eigenvalue weighted by Crippen LogP contribution is 2.37. The van der Waals surface area contributed by atoms with Crippen LogP contribution in [0.1, 0.15) is 40.5 Å². The first-order valence-corrected chi connectivity index (χ1v) is 9.38. The Morgan fingerprint density at radius 1 is 1.07 bits per heavy atom. The number of amides is 2. The molecule has 1 fully saturated rings. The number of fused-ring (bicyclic) bond motifs is 1. The summed E-state index contributed by atoms with van der Waals surface area (Å²) in [5.41, 5.74) is 0.833. The van der Waals surface area contributed by atoms with Crippen molar-refractivity contribution in [1.82, 2.24) is 10.2 Å². The normalized spacial score (nSPS) is 18.0. The zero-order valence-electron chi connectivity index (χ0n) is 15.5. The molecule has 2 aromatic carbocycles. The molecule has 1 saturated heterocycles. The average Bonchev–Trinajstić information content (AvgIpc) is 2.69. The first-order valence-electron chi connectivity index (χ1n) is 9.38. The van der Waals surface area contributed by atoms with Crippen LogP contribution >= 0.6 is 0 Å². The van der Waals surface area contributed by atoms with E-state index in [0.29, 0.717) is 49.3 Å². The van der Waals surface area contributed by atoms with E-state index in [-0.39, 0.29) is 23.4 Å². The number of nitrogens with one attached hydrogen (secondary N) is 1. The fourth-order valence-electron chi connectivity index (χ4n) is 4.22. The van der Waals surface area contributed by atoms with E-state index in [4.69, 9.17) is 0 Å². The number of carbonyl (C=O) groups excluding carboxylic acids is 2. The van der Waals surface area contributed by atoms with Crippen molar-refractivity contribution in [2.24, 2.45) is 0 Å². The SMILES string of the molecule is CCN1c2cc(F)ccc2C(=O)NC12CCN(C(=O)c1ccc(F)cc1)CC2. The second-order valence-corrected chi connectivity index (χ2v) is 7.19. The molecule has 0 bridgehead atoms. The number of anilines is 1. The van der Waals surface area contributed by atoms with Gasteiger partial charge in [-0.05, 0) is 49.4 Å². The van der Waals surface area contributed by atoms with Crippen LogP contribution in [0.5, 0.6) is 0 Å². The Labute approximate surface area is 161 Å². The number of hydrogen-bond acceptors (Lipinski definition) is 3. The molecular weight excluding hydrogens is 364 g/mol. The predicted octanol–water partition coefficient (Wildman–Crippen LogP) is 3.17. The zero-order valence-corrected chi connectivity index (χ0v) is 15.5. The van der Waals surface area contributed by atoms with Crippen molar-refractivity contribution in [3.05, 3.63) is 65.2 Å². The van der Waals surface area contributed by atoms with Gasteiger partial charge in [-0.15, -0.1) is 0 Å². The molecule has 2 aliphatic rings. The number of rotatable bonds is 2. The van der Waals surface area contributed by atoms with Gasteiger partial charge < -0.3 is 15.1 Å². The molecule has 1 N–H and O–H groups in total. The molecule has 0 aromatic heterocycles. The molecule has 2 heterocycles. The second kappa shape index (κ2) is 6.89. The predicted molar refractivity (Wildman–Crippen MR) is 101 cm³/mol. The van der Waals surface area contributed by atoms with Crippen molar-refractivity contribution >= 4 is 17.5 Å². The van der Waals surface area contributed by atoms with E-state index in [9.17, 15) is 18.4 Å². The minimum atomic E-state index is -0.647. The molecule has 7 heteroatoms. The molecule has 0 aliphatic carbocycles. The van der Waals surface area contributed by atoms with E-state index in [1.165, 1.54) is 42.5 Å². The van der Waals surface area contributed by atoms with Gasteiger partial charge in [-0.2, -0.15) is 0 Å². The van der Waals surface area contributed by atoms with Gasteiger partial charge in [0, 0.05) is 38.0 Å². The van der Waals surface area contributed by atoms with Gasteiger partial charge in [0.2, 0.25) is 0 Å². The summed E-state index contributed by atoms with van der Waals surface area (Å²) in [6.07, 6.45) is 1.05. The second-order valence-electron chi connectivity index (χ2n) is 7.19. The van der Waals surface area contributed by atoms with Crippen LogP contribution in [0.4, 0.5) is 14.5 Å². The number of piperidine rings is 1. The van der Waals surface area contributed by atoms with Crippen molar-refractivity contribution in [2.45, 2.75) is 25.4 Å². The molecule has 2 amide bonds. The molecule has 28 heavy (non-hydrogen) atoms. The summed E-state index contributed by atoms with van der Waals surface area (Å²) in [5, 5.41) is 3.09. The zero-order chi connectivity index (χ0) is 19.9. The molecule has 2 aliphatic heterocycles. The van der Waals surface area contributed by atoms with Crippen molar-refractivity contribution in [1.29, 1.82) is 0 Å². The van der Waals surface area contributed by atoms with Gasteiger partial charge in [0.1, 0.15) is 17.3 Å². The molecule has 146 valence electrons. The van der Waals surface area contributed by atoms with Crippen molar-refractivity contribution in [3.8, 4) is 0 Å². The third-order valence-corrected chi connectivity index (χ3v) is 5.64. The molecule has 0 radical (unpaired) electrons. The minimum Gasteiger partial charge on any atom is -0.348 e. The Morgan fingerprint density at radius 2 is 1.71 bits per heavy atom. The number of nitrogens with zero attached hydrogens (tertiary/aromatic N) is 2. The van der Waals surface area contributed by atoms with Gasteiger partial charge in [-0.3, -0.25) is 9.59 Å². The Bertz CT molecular complexity index is 922. The molecule has 4 rings (SSSR count). The van der Waals surface area contributed by atoms with Gasteiger partial charge in [-0.1, -0.05) is 0 Å². The maximum absolute atomic E-state index is 13.8. The van der Waals surface area contributed by atoms with Crippen LogP contribution < -0.4 is 10.2 Å². The van der Waals surface area contributed by atoms with Crippen LogP contribution in [0.3, 0.4) is 0 Å². The van der Waals surface area contributed by atoms with Crippen LogP contribution in [0.15, 0.2) is 42.5 Å². The Morgan fingerprint density at radius 3 is 2.36 bits per heavy atom. The standard InChI is InChI=1S/C21H21F2N3O2/c1-2-26-18-13-16(23)7-8-17(18)19(27)24-21(26)9-11-25(12-10-21)20(28)14-3-5-15(22)6-4-14/h3-8,13H,2,9-12H2,1H3,(H,24,27). The fraction of sp³-hybridized carbons (Fsp3) is 0.333. The van der Waals surface area contributed by atoms with Crippen LogP contribution in [0, 0.1) is 11.6 Å². The minimum absolute atomic E-state index is 0.161. The van der Waals surface area contributed by atoms with E-state index in [1.807, 2.05) is 11.8 Å². The lowest BCUT2D eigenvalue weighted by molar-refractivity contribution is 0.0603. The summed E-state index contributed by atoms with van der Waals surface area (Å²) in [6, 6.07) is 9.67. The van der Waals surface area contributed by atoms with E-state index >= 15 is 0 Å². The van der Waals surface area contributed by atoms with Crippen molar-refractivity contribution in [2.75, 3.05) is 24.5 Å². The lowest BCUT2D eigenvalue weighted by Crippen LogP contribution is -2.68. The summed E-state index contributed by atoms with van der Waals surface area (Å²) in [5.74, 6) is -1.15. The number of halogens is 2. The summed E-state index contributed by atoms with van der Waals surface area (Å²) in [7, 11) is 0. The highest BCUT2D eigenvalue weighted by Gasteiger charge is 2.46. The molecule has 2 aromatic rings. The molecule has 0 atom stereocenters. The number of carbonyl (C=O) groups is 2.